The Kier molecular flexibility index (Phi) is 6.75. The van der Waals surface area contributed by atoms with Crippen molar-refractivity contribution in [3.05, 3.63) is 90.0 Å². The summed E-state index contributed by atoms with van der Waals surface area (Å²) >= 11 is 0. The van der Waals surface area contributed by atoms with Gasteiger partial charge in [0.1, 0.15) is 11.5 Å². The summed E-state index contributed by atoms with van der Waals surface area (Å²) in [6.45, 7) is 7.93. The molecule has 0 aliphatic rings. The van der Waals surface area contributed by atoms with Crippen LogP contribution in [0.5, 0.6) is 11.5 Å². The summed E-state index contributed by atoms with van der Waals surface area (Å²) in [6.07, 6.45) is -0.787. The fourth-order valence-electron chi connectivity index (χ4n) is 3.03. The summed E-state index contributed by atoms with van der Waals surface area (Å²) in [5.41, 5.74) is 2.08. The minimum Gasteiger partial charge on any atom is -0.479 e. The van der Waals surface area contributed by atoms with Gasteiger partial charge in [-0.3, -0.25) is 4.79 Å². The number of hydrogen-bond donors (Lipinski definition) is 1. The van der Waals surface area contributed by atoms with Crippen LogP contribution in [0.2, 0.25) is 0 Å². The molecule has 0 aromatic heterocycles. The Morgan fingerprint density at radius 2 is 1.45 bits per heavy atom. The number of benzene rings is 3. The van der Waals surface area contributed by atoms with Gasteiger partial charge in [0.15, 0.2) is 6.10 Å². The Balaban J connectivity index is 1.61. The van der Waals surface area contributed by atoms with Crippen LogP contribution < -0.4 is 14.8 Å². The summed E-state index contributed by atoms with van der Waals surface area (Å²) in [5, 5.41) is 2.81. The van der Waals surface area contributed by atoms with Gasteiger partial charge in [0.25, 0.3) is 5.91 Å². The van der Waals surface area contributed by atoms with Gasteiger partial charge in [0.05, 0.1) is 0 Å². The average molecular weight is 418 g/mol. The lowest BCUT2D eigenvalue weighted by molar-refractivity contribution is -0.141. The molecule has 0 heterocycles. The number of anilines is 1. The first-order valence-corrected chi connectivity index (χ1v) is 10.2. The number of carbonyl (C=O) groups excluding carboxylic acids is 2. The van der Waals surface area contributed by atoms with Gasteiger partial charge in [0, 0.05) is 11.3 Å². The van der Waals surface area contributed by atoms with Gasteiger partial charge in [-0.05, 0) is 60.4 Å². The van der Waals surface area contributed by atoms with Gasteiger partial charge in [0.2, 0.25) is 0 Å². The van der Waals surface area contributed by atoms with Crippen LogP contribution in [-0.2, 0) is 10.2 Å². The maximum absolute atomic E-state index is 12.5. The molecular formula is C26H27NO4. The van der Waals surface area contributed by atoms with Crippen molar-refractivity contribution in [2.75, 3.05) is 5.32 Å². The molecule has 5 heteroatoms. The fourth-order valence-corrected chi connectivity index (χ4v) is 3.03. The largest absolute Gasteiger partial charge is 0.479 e. The highest BCUT2D eigenvalue weighted by atomic mass is 16.6. The van der Waals surface area contributed by atoms with E-state index in [1.807, 2.05) is 54.6 Å². The number of ether oxygens (including phenoxy) is 2. The van der Waals surface area contributed by atoms with Gasteiger partial charge < -0.3 is 14.8 Å². The zero-order valence-corrected chi connectivity index (χ0v) is 18.2. The van der Waals surface area contributed by atoms with Crippen LogP contribution in [0, 0.1) is 0 Å². The first-order valence-electron chi connectivity index (χ1n) is 10.2. The molecule has 5 nitrogen and oxygen atoms in total. The van der Waals surface area contributed by atoms with E-state index in [1.54, 1.807) is 31.2 Å². The van der Waals surface area contributed by atoms with E-state index in [0.29, 0.717) is 22.7 Å². The molecule has 31 heavy (non-hydrogen) atoms. The van der Waals surface area contributed by atoms with E-state index in [9.17, 15) is 9.59 Å². The van der Waals surface area contributed by atoms with Crippen LogP contribution in [0.15, 0.2) is 78.9 Å². The van der Waals surface area contributed by atoms with E-state index in [4.69, 9.17) is 9.47 Å². The lowest BCUT2D eigenvalue weighted by atomic mass is 9.86. The van der Waals surface area contributed by atoms with Gasteiger partial charge in [-0.1, -0.05) is 57.2 Å². The molecule has 3 aromatic carbocycles. The molecule has 0 bridgehead atoms. The highest BCUT2D eigenvalue weighted by Gasteiger charge is 2.23. The van der Waals surface area contributed by atoms with Crippen molar-refractivity contribution in [3.63, 3.8) is 0 Å². The topological polar surface area (TPSA) is 64.6 Å². The summed E-state index contributed by atoms with van der Waals surface area (Å²) in [6, 6.07) is 23.3. The standard InChI is InChI=1S/C26H27NO4/c1-18(30-23-13-9-8-12-22(23)26(2,3)4)25(29)31-21-16-14-19(15-17-21)24(28)27-20-10-6-5-7-11-20/h5-18H,1-4H3,(H,27,28). The minimum absolute atomic E-state index is 0.115. The molecule has 0 aliphatic heterocycles. The first-order chi connectivity index (χ1) is 14.7. The Bertz CT molecular complexity index is 1040. The van der Waals surface area contributed by atoms with Crippen LogP contribution in [-0.4, -0.2) is 18.0 Å². The Morgan fingerprint density at radius 3 is 2.10 bits per heavy atom. The summed E-state index contributed by atoms with van der Waals surface area (Å²) in [7, 11) is 0. The predicted molar refractivity (Wildman–Crippen MR) is 122 cm³/mol. The number of carbonyl (C=O) groups is 2. The third kappa shape index (κ3) is 5.95. The number of rotatable bonds is 6. The number of esters is 1. The predicted octanol–water partition coefficient (Wildman–Crippen LogP) is 5.61. The van der Waals surface area contributed by atoms with E-state index >= 15 is 0 Å². The van der Waals surface area contributed by atoms with Crippen molar-refractivity contribution in [1.82, 2.24) is 0 Å². The molecule has 0 saturated heterocycles. The minimum atomic E-state index is -0.787. The van der Waals surface area contributed by atoms with Gasteiger partial charge in [-0.25, -0.2) is 4.79 Å². The second-order valence-corrected chi connectivity index (χ2v) is 8.27. The number of para-hydroxylation sites is 2. The lowest BCUT2D eigenvalue weighted by Crippen LogP contribution is -2.29. The Hall–Kier alpha value is -3.60. The molecular weight excluding hydrogens is 390 g/mol. The van der Waals surface area contributed by atoms with Crippen molar-refractivity contribution < 1.29 is 19.1 Å². The third-order valence-electron chi connectivity index (χ3n) is 4.70. The quantitative estimate of drug-likeness (QED) is 0.418. The van der Waals surface area contributed by atoms with E-state index in [1.165, 1.54) is 0 Å². The maximum Gasteiger partial charge on any atom is 0.352 e. The van der Waals surface area contributed by atoms with Crippen LogP contribution in [0.3, 0.4) is 0 Å². The molecule has 3 aromatic rings. The molecule has 1 unspecified atom stereocenters. The summed E-state index contributed by atoms with van der Waals surface area (Å²) in [4.78, 5) is 24.8. The zero-order valence-electron chi connectivity index (χ0n) is 18.2. The van der Waals surface area contributed by atoms with E-state index < -0.39 is 12.1 Å². The summed E-state index contributed by atoms with van der Waals surface area (Å²) in [5.74, 6) is 0.262. The number of hydrogen-bond acceptors (Lipinski definition) is 4. The molecule has 1 N–H and O–H groups in total. The molecule has 160 valence electrons. The molecule has 0 radical (unpaired) electrons. The van der Waals surface area contributed by atoms with Crippen LogP contribution in [0.4, 0.5) is 5.69 Å². The second kappa shape index (κ2) is 9.47. The monoisotopic (exact) mass is 417 g/mol. The van der Waals surface area contributed by atoms with Crippen molar-refractivity contribution in [1.29, 1.82) is 0 Å². The fraction of sp³-hybridized carbons (Fsp3) is 0.231. The Morgan fingerprint density at radius 1 is 0.839 bits per heavy atom. The van der Waals surface area contributed by atoms with E-state index in [2.05, 4.69) is 26.1 Å². The number of nitrogens with one attached hydrogen (secondary N) is 1. The molecule has 3 rings (SSSR count). The highest BCUT2D eigenvalue weighted by molar-refractivity contribution is 6.04. The van der Waals surface area contributed by atoms with Crippen LogP contribution >= 0.6 is 0 Å². The normalized spacial score (nSPS) is 12.0. The number of amides is 1. The molecule has 0 saturated carbocycles. The second-order valence-electron chi connectivity index (χ2n) is 8.27. The smallest absolute Gasteiger partial charge is 0.352 e. The Labute approximate surface area is 183 Å². The van der Waals surface area contributed by atoms with Crippen molar-refractivity contribution in [3.8, 4) is 11.5 Å². The average Bonchev–Trinajstić information content (AvgIpc) is 2.74. The summed E-state index contributed by atoms with van der Waals surface area (Å²) < 4.78 is 11.3. The molecule has 0 aliphatic carbocycles. The molecule has 1 atom stereocenters. The maximum atomic E-state index is 12.5. The molecule has 0 spiro atoms. The lowest BCUT2D eigenvalue weighted by Gasteiger charge is -2.24. The van der Waals surface area contributed by atoms with E-state index in [-0.39, 0.29) is 11.3 Å². The molecule has 0 fully saturated rings. The van der Waals surface area contributed by atoms with Crippen LogP contribution in [0.1, 0.15) is 43.6 Å². The van der Waals surface area contributed by atoms with Crippen molar-refractivity contribution >= 4 is 17.6 Å². The third-order valence-corrected chi connectivity index (χ3v) is 4.70. The van der Waals surface area contributed by atoms with Crippen LogP contribution in [0.25, 0.3) is 0 Å². The molecule has 1 amide bonds. The van der Waals surface area contributed by atoms with Gasteiger partial charge in [-0.2, -0.15) is 0 Å². The highest BCUT2D eigenvalue weighted by Crippen LogP contribution is 2.31. The van der Waals surface area contributed by atoms with Crippen molar-refractivity contribution in [2.24, 2.45) is 0 Å². The van der Waals surface area contributed by atoms with Gasteiger partial charge in [-0.15, -0.1) is 0 Å². The van der Waals surface area contributed by atoms with Gasteiger partial charge >= 0.3 is 5.97 Å². The zero-order chi connectivity index (χ0) is 22.4. The van der Waals surface area contributed by atoms with Crippen molar-refractivity contribution in [2.45, 2.75) is 39.2 Å². The SMILES string of the molecule is CC(Oc1ccccc1C(C)(C)C)C(=O)Oc1ccc(C(=O)Nc2ccccc2)cc1. The van der Waals surface area contributed by atoms with E-state index in [0.717, 1.165) is 5.56 Å². The first kappa shape index (κ1) is 22.1.